The van der Waals surface area contributed by atoms with Gasteiger partial charge in [0.05, 0.1) is 5.69 Å². The summed E-state index contributed by atoms with van der Waals surface area (Å²) >= 11 is 0. The van der Waals surface area contributed by atoms with E-state index in [0.717, 1.165) is 10.5 Å². The van der Waals surface area contributed by atoms with Crippen LogP contribution in [-0.4, -0.2) is 23.7 Å². The Balaban J connectivity index is 0.00000176. The molecule has 0 saturated heterocycles. The van der Waals surface area contributed by atoms with Crippen molar-refractivity contribution in [1.82, 2.24) is 0 Å². The van der Waals surface area contributed by atoms with E-state index in [1.54, 1.807) is 18.5 Å². The fourth-order valence-corrected chi connectivity index (χ4v) is 2.34. The summed E-state index contributed by atoms with van der Waals surface area (Å²) < 4.78 is 1.90. The number of nitrogens with zero attached hydrogens (tertiary/aromatic N) is 2. The summed E-state index contributed by atoms with van der Waals surface area (Å²) in [5.74, 6) is -0.331. The molecule has 2 aromatic rings. The van der Waals surface area contributed by atoms with Crippen molar-refractivity contribution in [3.63, 3.8) is 0 Å². The van der Waals surface area contributed by atoms with Crippen LogP contribution >= 0.6 is 0 Å². The maximum absolute atomic E-state index is 11.6. The van der Waals surface area contributed by atoms with Gasteiger partial charge in [0.1, 0.15) is 12.2 Å². The van der Waals surface area contributed by atoms with Crippen LogP contribution < -0.4 is 31.8 Å². The molecule has 1 aliphatic heterocycles. The van der Waals surface area contributed by atoms with Crippen LogP contribution in [0.2, 0.25) is 0 Å². The minimum absolute atomic E-state index is 0. The number of carboxylic acid groups (broad SMARTS) is 1. The minimum atomic E-state index is -1.13. The Morgan fingerprint density at radius 2 is 2.00 bits per heavy atom. The Kier molecular flexibility index (Phi) is 4.77. The topological polar surface area (TPSA) is 73.5 Å². The first kappa shape index (κ1) is 16.0. The van der Waals surface area contributed by atoms with Crippen molar-refractivity contribution in [2.24, 2.45) is 0 Å². The zero-order chi connectivity index (χ0) is 14.8. The molecule has 22 heavy (non-hydrogen) atoms. The molecule has 0 aliphatic carbocycles. The Labute approximate surface area is 137 Å². The predicted molar refractivity (Wildman–Crippen MR) is 76.2 cm³/mol. The molecule has 3 rings (SSSR count). The van der Waals surface area contributed by atoms with Gasteiger partial charge < -0.3 is 27.4 Å². The van der Waals surface area contributed by atoms with Gasteiger partial charge in [-0.25, -0.2) is 4.79 Å². The lowest BCUT2D eigenvalue weighted by atomic mass is 10.2. The zero-order valence-electron chi connectivity index (χ0n) is 11.6. The number of amides is 2. The van der Waals surface area contributed by atoms with Crippen LogP contribution in [0, 0.1) is 0 Å². The van der Waals surface area contributed by atoms with Crippen LogP contribution in [0.1, 0.15) is 5.56 Å². The lowest BCUT2D eigenvalue weighted by Crippen LogP contribution is -3.00. The number of carbonyl (C=O) groups is 2. The lowest BCUT2D eigenvalue weighted by molar-refractivity contribution is -0.687. The maximum atomic E-state index is 11.6. The van der Waals surface area contributed by atoms with E-state index in [1.807, 2.05) is 34.9 Å². The summed E-state index contributed by atoms with van der Waals surface area (Å²) in [5.41, 5.74) is 2.12. The molecule has 1 aliphatic rings. The third kappa shape index (κ3) is 3.25. The molecule has 0 spiro atoms. The SMILES string of the molecule is O=C1CN(C(=O)O)c2cc[n+](Cc3ccccc3)cc2N1.[Br-]. The Bertz CT molecular complexity index is 706. The Hall–Kier alpha value is -2.41. The molecule has 114 valence electrons. The normalized spacial score (nSPS) is 12.9. The Morgan fingerprint density at radius 1 is 1.27 bits per heavy atom. The molecule has 2 amide bonds. The number of hydrogen-bond acceptors (Lipinski definition) is 2. The lowest BCUT2D eigenvalue weighted by Gasteiger charge is -2.25. The highest BCUT2D eigenvalue weighted by molar-refractivity contribution is 6.07. The van der Waals surface area contributed by atoms with E-state index < -0.39 is 6.09 Å². The summed E-state index contributed by atoms with van der Waals surface area (Å²) in [6.07, 6.45) is 2.42. The fourth-order valence-electron chi connectivity index (χ4n) is 2.34. The van der Waals surface area contributed by atoms with E-state index in [-0.39, 0.29) is 29.4 Å². The second kappa shape index (κ2) is 6.57. The maximum Gasteiger partial charge on any atom is 0.412 e. The molecule has 0 saturated carbocycles. The van der Waals surface area contributed by atoms with Gasteiger partial charge in [0.15, 0.2) is 18.9 Å². The van der Waals surface area contributed by atoms with Crippen molar-refractivity contribution in [3.05, 3.63) is 54.4 Å². The monoisotopic (exact) mass is 363 g/mol. The molecule has 2 N–H and O–H groups in total. The van der Waals surface area contributed by atoms with Gasteiger partial charge >= 0.3 is 6.09 Å². The number of rotatable bonds is 2. The average Bonchev–Trinajstić information content (AvgIpc) is 2.47. The van der Waals surface area contributed by atoms with Gasteiger partial charge in [-0.05, 0) is 0 Å². The highest BCUT2D eigenvalue weighted by Crippen LogP contribution is 2.27. The molecular formula is C15H14BrN3O3. The van der Waals surface area contributed by atoms with E-state index in [0.29, 0.717) is 17.9 Å². The molecule has 0 fully saturated rings. The van der Waals surface area contributed by atoms with Crippen molar-refractivity contribution in [3.8, 4) is 0 Å². The quantitative estimate of drug-likeness (QED) is 0.635. The number of halogens is 1. The molecule has 0 atom stereocenters. The highest BCUT2D eigenvalue weighted by Gasteiger charge is 2.28. The van der Waals surface area contributed by atoms with Crippen molar-refractivity contribution in [2.75, 3.05) is 16.8 Å². The molecule has 0 radical (unpaired) electrons. The van der Waals surface area contributed by atoms with Crippen molar-refractivity contribution < 1.29 is 36.2 Å². The summed E-state index contributed by atoms with van der Waals surface area (Å²) in [7, 11) is 0. The fraction of sp³-hybridized carbons (Fsp3) is 0.133. The van der Waals surface area contributed by atoms with Crippen LogP contribution in [0.5, 0.6) is 0 Å². The standard InChI is InChI=1S/C15H13N3O3.BrH/c19-14-10-18(15(20)21)13-6-7-17(9-12(13)16-14)8-11-4-2-1-3-5-11;/h1-7,9H,8,10H2,(H-,16,19,20,21);1H. The van der Waals surface area contributed by atoms with E-state index >= 15 is 0 Å². The van der Waals surface area contributed by atoms with Crippen molar-refractivity contribution in [2.45, 2.75) is 6.54 Å². The number of carbonyl (C=O) groups excluding carboxylic acids is 1. The van der Waals surface area contributed by atoms with Crippen LogP contribution in [0.25, 0.3) is 0 Å². The number of pyridine rings is 1. The van der Waals surface area contributed by atoms with Gasteiger partial charge in [0.2, 0.25) is 5.91 Å². The van der Waals surface area contributed by atoms with Crippen molar-refractivity contribution >= 4 is 23.4 Å². The van der Waals surface area contributed by atoms with Gasteiger partial charge in [0.25, 0.3) is 0 Å². The van der Waals surface area contributed by atoms with E-state index in [4.69, 9.17) is 5.11 Å². The van der Waals surface area contributed by atoms with Crippen LogP contribution in [0.15, 0.2) is 48.8 Å². The molecular weight excluding hydrogens is 350 g/mol. The predicted octanol–water partition coefficient (Wildman–Crippen LogP) is -1.54. The van der Waals surface area contributed by atoms with Crippen LogP contribution in [0.4, 0.5) is 16.2 Å². The number of benzene rings is 1. The van der Waals surface area contributed by atoms with E-state index in [9.17, 15) is 9.59 Å². The molecule has 1 aromatic heterocycles. The van der Waals surface area contributed by atoms with E-state index in [2.05, 4.69) is 5.32 Å². The van der Waals surface area contributed by atoms with Crippen LogP contribution in [-0.2, 0) is 11.3 Å². The first-order chi connectivity index (χ1) is 10.1. The van der Waals surface area contributed by atoms with Gasteiger partial charge in [-0.1, -0.05) is 30.3 Å². The van der Waals surface area contributed by atoms with Crippen molar-refractivity contribution in [1.29, 1.82) is 0 Å². The summed E-state index contributed by atoms with van der Waals surface area (Å²) in [6.45, 7) is 0.474. The third-order valence-corrected chi connectivity index (χ3v) is 3.30. The largest absolute Gasteiger partial charge is 1.00 e. The summed E-state index contributed by atoms with van der Waals surface area (Å²) in [4.78, 5) is 23.8. The highest BCUT2D eigenvalue weighted by atomic mass is 79.9. The van der Waals surface area contributed by atoms with Crippen LogP contribution in [0.3, 0.4) is 0 Å². The number of fused-ring (bicyclic) bond motifs is 1. The molecule has 0 bridgehead atoms. The van der Waals surface area contributed by atoms with Gasteiger partial charge in [0, 0.05) is 11.6 Å². The second-order valence-electron chi connectivity index (χ2n) is 4.82. The molecule has 1 aromatic carbocycles. The third-order valence-electron chi connectivity index (χ3n) is 3.30. The molecule has 7 heteroatoms. The molecule has 6 nitrogen and oxygen atoms in total. The molecule has 0 unspecified atom stereocenters. The number of anilines is 2. The smallest absolute Gasteiger partial charge is 0.412 e. The van der Waals surface area contributed by atoms with Gasteiger partial charge in [-0.15, -0.1) is 0 Å². The zero-order valence-corrected chi connectivity index (χ0v) is 13.2. The average molecular weight is 364 g/mol. The summed E-state index contributed by atoms with van der Waals surface area (Å²) in [6, 6.07) is 11.6. The number of nitrogens with one attached hydrogen (secondary N) is 1. The second-order valence-corrected chi connectivity index (χ2v) is 4.82. The Morgan fingerprint density at radius 3 is 2.68 bits per heavy atom. The summed E-state index contributed by atoms with van der Waals surface area (Å²) in [5, 5.41) is 11.9. The van der Waals surface area contributed by atoms with E-state index in [1.165, 1.54) is 0 Å². The first-order valence-corrected chi connectivity index (χ1v) is 6.51. The van der Waals surface area contributed by atoms with Gasteiger partial charge in [-0.2, -0.15) is 4.57 Å². The first-order valence-electron chi connectivity index (χ1n) is 6.51. The number of hydrogen-bond donors (Lipinski definition) is 2. The van der Waals surface area contributed by atoms with Gasteiger partial charge in [-0.3, -0.25) is 9.69 Å². The minimum Gasteiger partial charge on any atom is -1.00 e. The number of aromatic nitrogens is 1. The molecule has 2 heterocycles.